The van der Waals surface area contributed by atoms with E-state index in [0.29, 0.717) is 28.3 Å². The zero-order chi connectivity index (χ0) is 21.8. The van der Waals surface area contributed by atoms with Crippen LogP contribution in [0.2, 0.25) is 0 Å². The number of nitrogens with two attached hydrogens (primary N) is 1. The highest BCUT2D eigenvalue weighted by Gasteiger charge is 2.24. The maximum Gasteiger partial charge on any atom is 0.253 e. The number of likely N-dealkylation sites (tertiary alicyclic amines) is 1. The number of nitriles is 1. The van der Waals surface area contributed by atoms with Crippen molar-refractivity contribution in [1.29, 1.82) is 10.7 Å². The minimum absolute atomic E-state index is 0.0287. The lowest BCUT2D eigenvalue weighted by Crippen LogP contribution is -2.39. The van der Waals surface area contributed by atoms with Crippen molar-refractivity contribution in [3.63, 3.8) is 0 Å². The summed E-state index contributed by atoms with van der Waals surface area (Å²) in [6.45, 7) is 2.34. The molecule has 156 valence electrons. The van der Waals surface area contributed by atoms with Gasteiger partial charge in [-0.1, -0.05) is 0 Å². The highest BCUT2D eigenvalue weighted by Crippen LogP contribution is 2.24. The summed E-state index contributed by atoms with van der Waals surface area (Å²) >= 11 is 0. The lowest BCUT2D eigenvalue weighted by atomic mass is 9.96. The van der Waals surface area contributed by atoms with Crippen molar-refractivity contribution in [2.24, 2.45) is 11.7 Å². The van der Waals surface area contributed by atoms with Crippen molar-refractivity contribution in [3.05, 3.63) is 71.7 Å². The molecule has 1 amide bonds. The molecule has 1 aromatic carbocycles. The van der Waals surface area contributed by atoms with Crippen LogP contribution in [-0.4, -0.2) is 39.7 Å². The minimum Gasteiger partial charge on any atom is -0.404 e. The highest BCUT2D eigenvalue weighted by atomic mass is 16.2. The van der Waals surface area contributed by atoms with E-state index >= 15 is 0 Å². The van der Waals surface area contributed by atoms with Crippen molar-refractivity contribution >= 4 is 28.7 Å². The molecule has 1 aliphatic rings. The Hall–Kier alpha value is -3.92. The van der Waals surface area contributed by atoms with E-state index in [1.807, 2.05) is 29.3 Å². The van der Waals surface area contributed by atoms with E-state index in [0.717, 1.165) is 43.5 Å². The topological polar surface area (TPSA) is 112 Å². The van der Waals surface area contributed by atoms with Crippen LogP contribution >= 0.6 is 0 Å². The first-order valence-electron chi connectivity index (χ1n) is 10.3. The van der Waals surface area contributed by atoms with Crippen LogP contribution in [0.15, 0.2) is 54.9 Å². The van der Waals surface area contributed by atoms with Gasteiger partial charge in [0.1, 0.15) is 0 Å². The van der Waals surface area contributed by atoms with Gasteiger partial charge in [-0.05, 0) is 61.2 Å². The number of hydrogen-bond donors (Lipinski definition) is 2. The summed E-state index contributed by atoms with van der Waals surface area (Å²) in [5, 5.41) is 16.4. The summed E-state index contributed by atoms with van der Waals surface area (Å²) in [7, 11) is 0. The molecular weight excluding hydrogens is 388 g/mol. The molecule has 1 aliphatic heterocycles. The van der Waals surface area contributed by atoms with Crippen LogP contribution < -0.4 is 5.73 Å². The predicted molar refractivity (Wildman–Crippen MR) is 120 cm³/mol. The number of nitrogens with zero attached hydrogens (tertiary/aromatic N) is 4. The normalized spacial score (nSPS) is 15.1. The SMILES string of the molecule is N#Cc1ccc(C(=O)N2CCC(Cn3ccc4nc(/C(C=N)=C/N)ccc43)CC2)cc1. The Morgan fingerprint density at radius 2 is 1.94 bits per heavy atom. The fraction of sp³-hybridized carbons (Fsp3) is 0.250. The first kappa shape index (κ1) is 20.4. The summed E-state index contributed by atoms with van der Waals surface area (Å²) in [4.78, 5) is 19.3. The molecule has 7 nitrogen and oxygen atoms in total. The second-order valence-corrected chi connectivity index (χ2v) is 7.76. The molecule has 1 fully saturated rings. The third kappa shape index (κ3) is 4.19. The Balaban J connectivity index is 1.39. The standard InChI is InChI=1S/C24H24N6O/c25-13-17-1-3-19(4-2-17)24(31)29-10-7-18(8-11-29)16-30-12-9-22-23(30)6-5-21(28-22)20(14-26)15-27/h1-6,9,12,14-15,18,26H,7-8,10-11,16,27H2/b20-15+,26-14?. The third-order valence-corrected chi connectivity index (χ3v) is 5.87. The number of carbonyl (C=O) groups is 1. The van der Waals surface area contributed by atoms with Gasteiger partial charge in [0.25, 0.3) is 5.91 Å². The number of hydrogen-bond acceptors (Lipinski definition) is 5. The molecule has 0 aliphatic carbocycles. The van der Waals surface area contributed by atoms with E-state index in [2.05, 4.69) is 15.6 Å². The monoisotopic (exact) mass is 412 g/mol. The van der Waals surface area contributed by atoms with E-state index in [1.54, 1.807) is 24.3 Å². The molecule has 0 saturated carbocycles. The molecular formula is C24H24N6O. The van der Waals surface area contributed by atoms with Crippen LogP contribution in [0.3, 0.4) is 0 Å². The van der Waals surface area contributed by atoms with Crippen molar-refractivity contribution in [1.82, 2.24) is 14.5 Å². The Morgan fingerprint density at radius 3 is 2.58 bits per heavy atom. The van der Waals surface area contributed by atoms with Gasteiger partial charge in [0.05, 0.1) is 28.4 Å². The van der Waals surface area contributed by atoms with Gasteiger partial charge in [0, 0.05) is 49.4 Å². The quantitative estimate of drug-likeness (QED) is 0.625. The number of rotatable bonds is 5. The summed E-state index contributed by atoms with van der Waals surface area (Å²) in [5.74, 6) is 0.516. The van der Waals surface area contributed by atoms with Gasteiger partial charge in [-0.3, -0.25) is 4.79 Å². The summed E-state index contributed by atoms with van der Waals surface area (Å²) in [6.07, 6.45) is 6.54. The lowest BCUT2D eigenvalue weighted by molar-refractivity contribution is 0.0683. The Morgan fingerprint density at radius 1 is 1.19 bits per heavy atom. The Kier molecular flexibility index (Phi) is 5.80. The number of piperidine rings is 1. The number of nitrogens with one attached hydrogen (secondary N) is 1. The van der Waals surface area contributed by atoms with Crippen LogP contribution in [0, 0.1) is 22.7 Å². The lowest BCUT2D eigenvalue weighted by Gasteiger charge is -2.32. The summed E-state index contributed by atoms with van der Waals surface area (Å²) < 4.78 is 2.21. The van der Waals surface area contributed by atoms with Crippen LogP contribution in [0.4, 0.5) is 0 Å². The molecule has 0 atom stereocenters. The molecule has 0 radical (unpaired) electrons. The molecule has 0 spiro atoms. The average molecular weight is 412 g/mol. The first-order valence-corrected chi connectivity index (χ1v) is 10.3. The van der Waals surface area contributed by atoms with Crippen LogP contribution in [0.5, 0.6) is 0 Å². The number of fused-ring (bicyclic) bond motifs is 1. The molecule has 0 unspecified atom stereocenters. The second-order valence-electron chi connectivity index (χ2n) is 7.76. The molecule has 2 aromatic heterocycles. The van der Waals surface area contributed by atoms with Gasteiger partial charge in [-0.15, -0.1) is 0 Å². The van der Waals surface area contributed by atoms with Crippen molar-refractivity contribution in [3.8, 4) is 6.07 Å². The molecule has 0 bridgehead atoms. The van der Waals surface area contributed by atoms with E-state index in [-0.39, 0.29) is 5.91 Å². The highest BCUT2D eigenvalue weighted by molar-refractivity contribution is 6.07. The van der Waals surface area contributed by atoms with Crippen molar-refractivity contribution in [2.75, 3.05) is 13.1 Å². The van der Waals surface area contributed by atoms with E-state index in [1.165, 1.54) is 12.4 Å². The van der Waals surface area contributed by atoms with E-state index in [4.69, 9.17) is 16.4 Å². The minimum atomic E-state index is 0.0287. The van der Waals surface area contributed by atoms with Gasteiger partial charge >= 0.3 is 0 Å². The number of aromatic nitrogens is 2. The smallest absolute Gasteiger partial charge is 0.253 e. The third-order valence-electron chi connectivity index (χ3n) is 5.87. The molecule has 3 N–H and O–H groups in total. The van der Waals surface area contributed by atoms with Gasteiger partial charge in [0.2, 0.25) is 0 Å². The second kappa shape index (κ2) is 8.84. The van der Waals surface area contributed by atoms with E-state index < -0.39 is 0 Å². The zero-order valence-electron chi connectivity index (χ0n) is 17.2. The van der Waals surface area contributed by atoms with Gasteiger partial charge in [0.15, 0.2) is 0 Å². The maximum absolute atomic E-state index is 12.7. The van der Waals surface area contributed by atoms with Gasteiger partial charge < -0.3 is 20.6 Å². The van der Waals surface area contributed by atoms with Crippen LogP contribution in [0.1, 0.15) is 34.5 Å². The number of pyridine rings is 1. The fourth-order valence-electron chi connectivity index (χ4n) is 4.07. The molecule has 3 heterocycles. The predicted octanol–water partition coefficient (Wildman–Crippen LogP) is 3.41. The molecule has 31 heavy (non-hydrogen) atoms. The number of allylic oxidation sites excluding steroid dienone is 1. The number of amides is 1. The molecule has 3 aromatic rings. The largest absolute Gasteiger partial charge is 0.404 e. The zero-order valence-corrected chi connectivity index (χ0v) is 17.2. The number of benzene rings is 1. The average Bonchev–Trinajstić information content (AvgIpc) is 3.22. The van der Waals surface area contributed by atoms with Crippen LogP contribution in [0.25, 0.3) is 16.6 Å². The molecule has 1 saturated heterocycles. The first-order chi connectivity index (χ1) is 15.1. The van der Waals surface area contributed by atoms with Crippen molar-refractivity contribution in [2.45, 2.75) is 19.4 Å². The maximum atomic E-state index is 12.7. The van der Waals surface area contributed by atoms with Crippen LogP contribution in [-0.2, 0) is 6.54 Å². The summed E-state index contributed by atoms with van der Waals surface area (Å²) in [6, 6.07) is 14.8. The van der Waals surface area contributed by atoms with Gasteiger partial charge in [-0.25, -0.2) is 4.98 Å². The molecule has 7 heteroatoms. The van der Waals surface area contributed by atoms with Crippen molar-refractivity contribution < 1.29 is 4.79 Å². The summed E-state index contributed by atoms with van der Waals surface area (Å²) in [5.41, 5.74) is 9.98. The van der Waals surface area contributed by atoms with Gasteiger partial charge in [-0.2, -0.15) is 5.26 Å². The molecule has 4 rings (SSSR count). The fourth-order valence-corrected chi connectivity index (χ4v) is 4.07. The Labute approximate surface area is 180 Å². The number of carbonyl (C=O) groups excluding carboxylic acids is 1. The Bertz CT molecular complexity index is 1180. The van der Waals surface area contributed by atoms with E-state index in [9.17, 15) is 4.79 Å².